The molecule has 1 aliphatic rings. The van der Waals surface area contributed by atoms with Crippen molar-refractivity contribution in [2.75, 3.05) is 26.8 Å². The van der Waals surface area contributed by atoms with Crippen molar-refractivity contribution in [3.63, 3.8) is 0 Å². The summed E-state index contributed by atoms with van der Waals surface area (Å²) < 4.78 is 13.2. The lowest BCUT2D eigenvalue weighted by Gasteiger charge is -2.36. The lowest BCUT2D eigenvalue weighted by Crippen LogP contribution is -2.47. The van der Waals surface area contributed by atoms with Crippen LogP contribution in [0.4, 0.5) is 0 Å². The second-order valence-corrected chi connectivity index (χ2v) is 8.51. The van der Waals surface area contributed by atoms with Crippen LogP contribution in [-0.2, 0) is 24.9 Å². The van der Waals surface area contributed by atoms with E-state index >= 15 is 0 Å². The molecule has 1 N–H and O–H groups in total. The van der Waals surface area contributed by atoms with Crippen LogP contribution in [-0.4, -0.2) is 52.1 Å². The summed E-state index contributed by atoms with van der Waals surface area (Å²) in [7, 11) is 3.64. The van der Waals surface area contributed by atoms with E-state index in [-0.39, 0.29) is 17.7 Å². The summed E-state index contributed by atoms with van der Waals surface area (Å²) in [5, 5.41) is 3.11. The summed E-state index contributed by atoms with van der Waals surface area (Å²) in [6.45, 7) is 3.30. The second kappa shape index (κ2) is 11.0. The smallest absolute Gasteiger partial charge is 0.224 e. The highest BCUT2D eigenvalue weighted by atomic mass is 16.5. The number of imidazole rings is 1. The normalized spacial score (nSPS) is 18.6. The number of aromatic nitrogens is 3. The van der Waals surface area contributed by atoms with Crippen LogP contribution >= 0.6 is 0 Å². The monoisotopic (exact) mass is 449 g/mol. The van der Waals surface area contributed by atoms with Crippen molar-refractivity contribution < 1.29 is 14.3 Å². The Morgan fingerprint density at radius 2 is 2.00 bits per heavy atom. The maximum absolute atomic E-state index is 13.1. The number of hydrogen-bond donors (Lipinski definition) is 1. The molecule has 0 aliphatic carbocycles. The summed E-state index contributed by atoms with van der Waals surface area (Å²) >= 11 is 0. The Bertz CT molecular complexity index is 1020. The number of carbonyl (C=O) groups excluding carboxylic acids is 1. The molecule has 33 heavy (non-hydrogen) atoms. The van der Waals surface area contributed by atoms with Gasteiger partial charge in [0.1, 0.15) is 17.3 Å². The molecule has 1 fully saturated rings. The van der Waals surface area contributed by atoms with E-state index in [1.54, 1.807) is 25.7 Å². The maximum Gasteiger partial charge on any atom is 0.224 e. The number of rotatable bonds is 9. The average molecular weight is 450 g/mol. The number of amides is 1. The molecule has 0 saturated carbocycles. The van der Waals surface area contributed by atoms with Gasteiger partial charge in [0, 0.05) is 51.2 Å². The van der Waals surface area contributed by atoms with Gasteiger partial charge in [-0.3, -0.25) is 14.7 Å². The minimum atomic E-state index is -0.111. The molecule has 0 unspecified atom stereocenters. The van der Waals surface area contributed by atoms with Gasteiger partial charge in [-0.2, -0.15) is 0 Å². The third-order valence-electron chi connectivity index (χ3n) is 6.02. The number of piperidine rings is 1. The second-order valence-electron chi connectivity index (χ2n) is 8.51. The number of methoxy groups -OCH3 is 1. The first-order valence-corrected chi connectivity index (χ1v) is 11.2. The number of likely N-dealkylation sites (tertiary alicyclic amines) is 1. The quantitative estimate of drug-likeness (QED) is 0.541. The largest absolute Gasteiger partial charge is 0.497 e. The van der Waals surface area contributed by atoms with E-state index in [0.717, 1.165) is 35.9 Å². The first kappa shape index (κ1) is 22.8. The fourth-order valence-electron chi connectivity index (χ4n) is 4.21. The Hall–Kier alpha value is -3.39. The molecule has 1 saturated heterocycles. The fourth-order valence-corrected chi connectivity index (χ4v) is 4.21. The molecule has 0 spiro atoms. The first-order valence-electron chi connectivity index (χ1n) is 11.2. The number of nitrogens with one attached hydrogen (secondary N) is 1. The Morgan fingerprint density at radius 3 is 2.70 bits per heavy atom. The Balaban J connectivity index is 1.39. The van der Waals surface area contributed by atoms with Crippen molar-refractivity contribution in [3.8, 4) is 11.5 Å². The molecule has 8 heteroatoms. The van der Waals surface area contributed by atoms with Crippen molar-refractivity contribution in [1.82, 2.24) is 24.8 Å². The lowest BCUT2D eigenvalue weighted by atomic mass is 9.88. The van der Waals surface area contributed by atoms with Crippen LogP contribution in [0.5, 0.6) is 11.5 Å². The zero-order valence-corrected chi connectivity index (χ0v) is 19.2. The Labute approximate surface area is 194 Å². The molecule has 1 aliphatic heterocycles. The molecule has 0 radical (unpaired) electrons. The number of aryl methyl sites for hydroxylation is 1. The summed E-state index contributed by atoms with van der Waals surface area (Å²) in [5.74, 6) is 2.73. The van der Waals surface area contributed by atoms with Gasteiger partial charge in [0.05, 0.1) is 32.4 Å². The standard InChI is InChI=1S/C25H31N5O3/c1-29-11-10-27-24(29)17-30-15-20(18-33-23-4-3-9-26-14-23)12-21(16-30)25(31)28-13-19-5-7-22(32-2)8-6-19/h3-11,14,20-21H,12-13,15-18H2,1-2H3,(H,28,31)/t20-,21+/m0/s1. The van der Waals surface area contributed by atoms with Crippen molar-refractivity contribution in [3.05, 3.63) is 72.6 Å². The van der Waals surface area contributed by atoms with E-state index in [1.807, 2.05) is 54.2 Å². The highest BCUT2D eigenvalue weighted by molar-refractivity contribution is 5.79. The fraction of sp³-hybridized carbons (Fsp3) is 0.400. The molecule has 2 aromatic heterocycles. The van der Waals surface area contributed by atoms with Crippen LogP contribution in [0.2, 0.25) is 0 Å². The average Bonchev–Trinajstić information content (AvgIpc) is 3.26. The zero-order chi connectivity index (χ0) is 23.0. The van der Waals surface area contributed by atoms with Gasteiger partial charge in [0.25, 0.3) is 0 Å². The van der Waals surface area contributed by atoms with Gasteiger partial charge in [0.2, 0.25) is 5.91 Å². The molecule has 4 rings (SSSR count). The van der Waals surface area contributed by atoms with Crippen LogP contribution in [0.1, 0.15) is 17.8 Å². The highest BCUT2D eigenvalue weighted by Crippen LogP contribution is 2.25. The van der Waals surface area contributed by atoms with Gasteiger partial charge in [-0.05, 0) is 36.2 Å². The van der Waals surface area contributed by atoms with Crippen LogP contribution < -0.4 is 14.8 Å². The number of benzene rings is 1. The number of nitrogens with zero attached hydrogens (tertiary/aromatic N) is 4. The summed E-state index contributed by atoms with van der Waals surface area (Å²) in [4.78, 5) is 24.0. The summed E-state index contributed by atoms with van der Waals surface area (Å²) in [6.07, 6.45) is 7.98. The SMILES string of the molecule is COc1ccc(CNC(=O)[C@@H]2C[C@H](COc3cccnc3)CN(Cc3nccn3C)C2)cc1. The van der Waals surface area contributed by atoms with Crippen LogP contribution in [0.3, 0.4) is 0 Å². The lowest BCUT2D eigenvalue weighted by molar-refractivity contribution is -0.128. The summed E-state index contributed by atoms with van der Waals surface area (Å²) in [6, 6.07) is 11.5. The van der Waals surface area contributed by atoms with Crippen LogP contribution in [0, 0.1) is 11.8 Å². The molecule has 174 valence electrons. The van der Waals surface area contributed by atoms with Crippen molar-refractivity contribution in [2.24, 2.45) is 18.9 Å². The predicted molar refractivity (Wildman–Crippen MR) is 125 cm³/mol. The molecular formula is C25H31N5O3. The zero-order valence-electron chi connectivity index (χ0n) is 19.2. The number of pyridine rings is 1. The summed E-state index contributed by atoms with van der Waals surface area (Å²) in [5.41, 5.74) is 1.04. The van der Waals surface area contributed by atoms with Gasteiger partial charge in [-0.1, -0.05) is 12.1 Å². The number of ether oxygens (including phenoxy) is 2. The highest BCUT2D eigenvalue weighted by Gasteiger charge is 2.32. The molecule has 3 heterocycles. The Kier molecular flexibility index (Phi) is 7.57. The number of carbonyl (C=O) groups is 1. The van der Waals surface area contributed by atoms with Gasteiger partial charge in [-0.15, -0.1) is 0 Å². The molecule has 1 aromatic carbocycles. The van der Waals surface area contributed by atoms with Crippen LogP contribution in [0.15, 0.2) is 61.2 Å². The molecule has 0 bridgehead atoms. The molecule has 3 aromatic rings. The maximum atomic E-state index is 13.1. The topological polar surface area (TPSA) is 81.5 Å². The van der Waals surface area contributed by atoms with Crippen molar-refractivity contribution in [1.29, 1.82) is 0 Å². The predicted octanol–water partition coefficient (Wildman–Crippen LogP) is 2.66. The van der Waals surface area contributed by atoms with E-state index in [1.165, 1.54) is 0 Å². The van der Waals surface area contributed by atoms with Gasteiger partial charge < -0.3 is 19.4 Å². The number of hydrogen-bond acceptors (Lipinski definition) is 6. The Morgan fingerprint density at radius 1 is 1.15 bits per heavy atom. The van der Waals surface area contributed by atoms with Gasteiger partial charge in [0.15, 0.2) is 0 Å². The third-order valence-corrected chi connectivity index (χ3v) is 6.02. The molecule has 2 atom stereocenters. The molecule has 8 nitrogen and oxygen atoms in total. The van der Waals surface area contributed by atoms with Gasteiger partial charge in [-0.25, -0.2) is 4.98 Å². The van der Waals surface area contributed by atoms with Crippen molar-refractivity contribution >= 4 is 5.91 Å². The van der Waals surface area contributed by atoms with E-state index in [0.29, 0.717) is 26.2 Å². The van der Waals surface area contributed by atoms with Gasteiger partial charge >= 0.3 is 0 Å². The van der Waals surface area contributed by atoms with Crippen LogP contribution in [0.25, 0.3) is 0 Å². The first-order chi connectivity index (χ1) is 16.1. The minimum Gasteiger partial charge on any atom is -0.497 e. The minimum absolute atomic E-state index is 0.0711. The van der Waals surface area contributed by atoms with E-state index in [2.05, 4.69) is 20.2 Å². The van der Waals surface area contributed by atoms with E-state index in [4.69, 9.17) is 9.47 Å². The molecule has 1 amide bonds. The van der Waals surface area contributed by atoms with E-state index < -0.39 is 0 Å². The molecular weight excluding hydrogens is 418 g/mol. The van der Waals surface area contributed by atoms with E-state index in [9.17, 15) is 4.79 Å². The van der Waals surface area contributed by atoms with Crippen molar-refractivity contribution in [2.45, 2.75) is 19.5 Å². The third kappa shape index (κ3) is 6.32.